The Balaban J connectivity index is 1.96. The highest BCUT2D eigenvalue weighted by Gasteiger charge is 2.22. The molecule has 1 aliphatic rings. The lowest BCUT2D eigenvalue weighted by molar-refractivity contribution is 0.584. The highest BCUT2D eigenvalue weighted by molar-refractivity contribution is 5.55. The Hall–Kier alpha value is -2.17. The van der Waals surface area contributed by atoms with Crippen molar-refractivity contribution in [3.05, 3.63) is 47.2 Å². The summed E-state index contributed by atoms with van der Waals surface area (Å²) in [5, 5.41) is 0. The lowest BCUT2D eigenvalue weighted by Gasteiger charge is -2.30. The molecule has 0 bridgehead atoms. The van der Waals surface area contributed by atoms with E-state index in [0.29, 0.717) is 24.6 Å². The van der Waals surface area contributed by atoms with Crippen LogP contribution in [0.25, 0.3) is 0 Å². The van der Waals surface area contributed by atoms with Gasteiger partial charge in [0, 0.05) is 18.8 Å². The summed E-state index contributed by atoms with van der Waals surface area (Å²) < 4.78 is 14.1. The third-order valence-corrected chi connectivity index (χ3v) is 3.55. The Morgan fingerprint density at radius 2 is 2.16 bits per heavy atom. The molecule has 3 rings (SSSR count). The fourth-order valence-electron chi connectivity index (χ4n) is 2.49. The van der Waals surface area contributed by atoms with Crippen molar-refractivity contribution < 1.29 is 4.39 Å². The molecule has 2 N–H and O–H groups in total. The normalized spacial score (nSPS) is 14.3. The van der Waals surface area contributed by atoms with Crippen LogP contribution in [0.5, 0.6) is 0 Å². The zero-order valence-electron chi connectivity index (χ0n) is 10.7. The van der Waals surface area contributed by atoms with E-state index in [9.17, 15) is 4.39 Å². The minimum Gasteiger partial charge on any atom is -0.398 e. The van der Waals surface area contributed by atoms with Gasteiger partial charge in [0.1, 0.15) is 6.33 Å². The number of aryl methyl sites for hydroxylation is 1. The van der Waals surface area contributed by atoms with Gasteiger partial charge in [-0.15, -0.1) is 0 Å². The third kappa shape index (κ3) is 2.01. The second-order valence-corrected chi connectivity index (χ2v) is 4.75. The summed E-state index contributed by atoms with van der Waals surface area (Å²) in [7, 11) is 0. The molecule has 0 radical (unpaired) electrons. The van der Waals surface area contributed by atoms with Crippen LogP contribution in [-0.4, -0.2) is 16.5 Å². The molecule has 1 aromatic carbocycles. The number of anilines is 2. The van der Waals surface area contributed by atoms with Gasteiger partial charge >= 0.3 is 0 Å². The van der Waals surface area contributed by atoms with Crippen LogP contribution in [0.4, 0.5) is 15.9 Å². The Morgan fingerprint density at radius 3 is 3.00 bits per heavy atom. The van der Waals surface area contributed by atoms with Gasteiger partial charge in [0.05, 0.1) is 5.69 Å². The summed E-state index contributed by atoms with van der Waals surface area (Å²) in [6.45, 7) is 3.00. The number of nitrogens with zero attached hydrogens (tertiary/aromatic N) is 3. The first kappa shape index (κ1) is 11.9. The SMILES string of the molecule is Cc1ncnc(N2CCc3c(N)cccc3C2)c1F. The third-order valence-electron chi connectivity index (χ3n) is 3.55. The van der Waals surface area contributed by atoms with Crippen molar-refractivity contribution in [1.82, 2.24) is 9.97 Å². The van der Waals surface area contributed by atoms with Crippen LogP contribution in [0.1, 0.15) is 16.8 Å². The molecule has 1 aliphatic heterocycles. The standard InChI is InChI=1S/C14H15FN4/c1-9-13(15)14(18-8-17-9)19-6-5-11-10(7-19)3-2-4-12(11)16/h2-4,8H,5-7,16H2,1H3. The van der Waals surface area contributed by atoms with Gasteiger partial charge in [-0.05, 0) is 30.5 Å². The largest absolute Gasteiger partial charge is 0.398 e. The number of hydrogen-bond donors (Lipinski definition) is 1. The molecule has 5 heteroatoms. The summed E-state index contributed by atoms with van der Waals surface area (Å²) in [5.74, 6) is 0.0374. The molecule has 2 heterocycles. The first-order valence-electron chi connectivity index (χ1n) is 6.25. The smallest absolute Gasteiger partial charge is 0.186 e. The molecule has 0 spiro atoms. The fourth-order valence-corrected chi connectivity index (χ4v) is 2.49. The molecule has 0 saturated carbocycles. The van der Waals surface area contributed by atoms with Crippen LogP contribution in [-0.2, 0) is 13.0 Å². The van der Waals surface area contributed by atoms with E-state index in [2.05, 4.69) is 9.97 Å². The molecule has 98 valence electrons. The lowest BCUT2D eigenvalue weighted by atomic mass is 9.98. The van der Waals surface area contributed by atoms with Crippen molar-refractivity contribution in [2.45, 2.75) is 19.9 Å². The van der Waals surface area contributed by atoms with Gasteiger partial charge in [0.25, 0.3) is 0 Å². The first-order chi connectivity index (χ1) is 9.16. The van der Waals surface area contributed by atoms with E-state index in [1.165, 1.54) is 11.9 Å². The maximum Gasteiger partial charge on any atom is 0.186 e. The van der Waals surface area contributed by atoms with Gasteiger partial charge in [0.15, 0.2) is 11.6 Å². The van der Waals surface area contributed by atoms with E-state index in [0.717, 1.165) is 17.7 Å². The summed E-state index contributed by atoms with van der Waals surface area (Å²) >= 11 is 0. The van der Waals surface area contributed by atoms with Crippen LogP contribution in [0, 0.1) is 12.7 Å². The van der Waals surface area contributed by atoms with E-state index in [4.69, 9.17) is 5.73 Å². The highest BCUT2D eigenvalue weighted by Crippen LogP contribution is 2.28. The van der Waals surface area contributed by atoms with Crippen molar-refractivity contribution in [2.24, 2.45) is 0 Å². The first-order valence-corrected chi connectivity index (χ1v) is 6.25. The summed E-state index contributed by atoms with van der Waals surface area (Å²) in [6.07, 6.45) is 2.22. The molecule has 1 aromatic heterocycles. The quantitative estimate of drug-likeness (QED) is 0.796. The molecule has 0 atom stereocenters. The van der Waals surface area contributed by atoms with Gasteiger partial charge in [0.2, 0.25) is 0 Å². The molecule has 19 heavy (non-hydrogen) atoms. The average Bonchev–Trinajstić information content (AvgIpc) is 2.42. The van der Waals surface area contributed by atoms with Crippen LogP contribution in [0.3, 0.4) is 0 Å². The Kier molecular flexibility index (Phi) is 2.81. The molecule has 0 aliphatic carbocycles. The van der Waals surface area contributed by atoms with E-state index in [1.54, 1.807) is 6.92 Å². The monoisotopic (exact) mass is 258 g/mol. The number of nitrogens with two attached hydrogens (primary N) is 1. The zero-order chi connectivity index (χ0) is 13.4. The number of halogens is 1. The summed E-state index contributed by atoms with van der Waals surface area (Å²) in [4.78, 5) is 9.86. The summed E-state index contributed by atoms with van der Waals surface area (Å²) in [5.41, 5.74) is 9.47. The van der Waals surface area contributed by atoms with Gasteiger partial charge in [-0.2, -0.15) is 0 Å². The molecule has 4 nitrogen and oxygen atoms in total. The molecule has 0 amide bonds. The van der Waals surface area contributed by atoms with Crippen molar-refractivity contribution in [2.75, 3.05) is 17.2 Å². The van der Waals surface area contributed by atoms with Crippen molar-refractivity contribution in [3.63, 3.8) is 0 Å². The Bertz CT molecular complexity index is 627. The van der Waals surface area contributed by atoms with E-state index < -0.39 is 0 Å². The molecular weight excluding hydrogens is 243 g/mol. The average molecular weight is 258 g/mol. The summed E-state index contributed by atoms with van der Waals surface area (Å²) in [6, 6.07) is 5.87. The van der Waals surface area contributed by atoms with E-state index >= 15 is 0 Å². The maximum atomic E-state index is 14.1. The van der Waals surface area contributed by atoms with E-state index in [1.807, 2.05) is 23.1 Å². The van der Waals surface area contributed by atoms with Crippen LogP contribution in [0.2, 0.25) is 0 Å². The molecule has 0 unspecified atom stereocenters. The molecule has 0 fully saturated rings. The second-order valence-electron chi connectivity index (χ2n) is 4.75. The van der Waals surface area contributed by atoms with Crippen LogP contribution < -0.4 is 10.6 Å². The number of benzene rings is 1. The maximum absolute atomic E-state index is 14.1. The second kappa shape index (κ2) is 4.50. The minimum absolute atomic E-state index is 0.338. The highest BCUT2D eigenvalue weighted by atomic mass is 19.1. The number of hydrogen-bond acceptors (Lipinski definition) is 4. The van der Waals surface area contributed by atoms with Crippen molar-refractivity contribution >= 4 is 11.5 Å². The predicted octanol–water partition coefficient (Wildman–Crippen LogP) is 2.07. The topological polar surface area (TPSA) is 55.0 Å². The van der Waals surface area contributed by atoms with Gasteiger partial charge < -0.3 is 10.6 Å². The van der Waals surface area contributed by atoms with Gasteiger partial charge in [-0.1, -0.05) is 12.1 Å². The minimum atomic E-state index is -0.338. The zero-order valence-corrected chi connectivity index (χ0v) is 10.7. The predicted molar refractivity (Wildman–Crippen MR) is 72.3 cm³/mol. The van der Waals surface area contributed by atoms with E-state index in [-0.39, 0.29) is 5.82 Å². The molecule has 0 saturated heterocycles. The Morgan fingerprint density at radius 1 is 1.32 bits per heavy atom. The number of aromatic nitrogens is 2. The van der Waals surface area contributed by atoms with Gasteiger partial charge in [-0.25, -0.2) is 14.4 Å². The lowest BCUT2D eigenvalue weighted by Crippen LogP contribution is -2.32. The van der Waals surface area contributed by atoms with Gasteiger partial charge in [-0.3, -0.25) is 0 Å². The molecular formula is C14H15FN4. The fraction of sp³-hybridized carbons (Fsp3) is 0.286. The molecule has 2 aromatic rings. The Labute approximate surface area is 111 Å². The number of rotatable bonds is 1. The number of fused-ring (bicyclic) bond motifs is 1. The van der Waals surface area contributed by atoms with Crippen LogP contribution >= 0.6 is 0 Å². The van der Waals surface area contributed by atoms with Crippen molar-refractivity contribution in [3.8, 4) is 0 Å². The van der Waals surface area contributed by atoms with Crippen LogP contribution in [0.15, 0.2) is 24.5 Å². The number of nitrogen functional groups attached to an aromatic ring is 1. The van der Waals surface area contributed by atoms with Crippen molar-refractivity contribution in [1.29, 1.82) is 0 Å².